The Morgan fingerprint density at radius 1 is 1.18 bits per heavy atom. The summed E-state index contributed by atoms with van der Waals surface area (Å²) in [6.45, 7) is 7.73. The molecule has 0 aliphatic rings. The highest BCUT2D eigenvalue weighted by molar-refractivity contribution is 8.40. The van der Waals surface area contributed by atoms with E-state index in [0.29, 0.717) is 0 Å². The van der Waals surface area contributed by atoms with Gasteiger partial charge in [0.25, 0.3) is 0 Å². The molecule has 0 atom stereocenters. The molecule has 0 bridgehead atoms. The number of alkyl halides is 3. The van der Waals surface area contributed by atoms with Crippen molar-refractivity contribution in [2.24, 2.45) is 5.10 Å². The van der Waals surface area contributed by atoms with Gasteiger partial charge in [0.1, 0.15) is 0 Å². The molecule has 0 aliphatic heterocycles. The number of hydrogen-bond donors (Lipinski definition) is 1. The summed E-state index contributed by atoms with van der Waals surface area (Å²) in [4.78, 5) is 23.2. The van der Waals surface area contributed by atoms with Crippen LogP contribution < -0.4 is 5.43 Å². The lowest BCUT2D eigenvalue weighted by atomic mass is 10.1. The standard InChI is InChI=1S/C18H25F3N2O3S2/c1-6-26-15(24)14(11-10-13(4)9-7-8-12(2)3)28-17(27-5)23-22-16(25)18(19,20)21/h8,10-11H,6-7,9H2,1-5H3,(H,22,25)/b13-10+,14-11+,23-17+. The highest BCUT2D eigenvalue weighted by Crippen LogP contribution is 2.25. The lowest BCUT2D eigenvalue weighted by Crippen LogP contribution is -2.33. The number of hydrazone groups is 1. The third kappa shape index (κ3) is 11.9. The monoisotopic (exact) mass is 438 g/mol. The minimum Gasteiger partial charge on any atom is -0.462 e. The van der Waals surface area contributed by atoms with Crippen molar-refractivity contribution < 1.29 is 27.5 Å². The Labute approximate surface area is 171 Å². The molecule has 0 aromatic carbocycles. The van der Waals surface area contributed by atoms with Crippen LogP contribution in [-0.4, -0.2) is 35.3 Å². The summed E-state index contributed by atoms with van der Waals surface area (Å²) in [5.74, 6) is -2.80. The predicted molar refractivity (Wildman–Crippen MR) is 110 cm³/mol. The van der Waals surface area contributed by atoms with E-state index in [1.54, 1.807) is 19.3 Å². The zero-order valence-corrected chi connectivity index (χ0v) is 18.1. The fourth-order valence-corrected chi connectivity index (χ4v) is 2.90. The molecule has 1 N–H and O–H groups in total. The summed E-state index contributed by atoms with van der Waals surface area (Å²) in [7, 11) is 0. The van der Waals surface area contributed by atoms with Crippen LogP contribution in [0.5, 0.6) is 0 Å². The van der Waals surface area contributed by atoms with Gasteiger partial charge in [-0.15, -0.1) is 11.8 Å². The number of allylic oxidation sites excluding steroid dienone is 5. The molecule has 0 rings (SSSR count). The Morgan fingerprint density at radius 2 is 1.82 bits per heavy atom. The van der Waals surface area contributed by atoms with Gasteiger partial charge in [0.15, 0.2) is 4.38 Å². The second kappa shape index (κ2) is 13.5. The van der Waals surface area contributed by atoms with Crippen molar-refractivity contribution in [3.05, 3.63) is 34.3 Å². The first-order valence-electron chi connectivity index (χ1n) is 8.35. The van der Waals surface area contributed by atoms with Crippen LogP contribution in [0.15, 0.2) is 39.4 Å². The zero-order chi connectivity index (χ0) is 21.7. The number of hydrogen-bond acceptors (Lipinski definition) is 6. The average Bonchev–Trinajstić information content (AvgIpc) is 2.59. The van der Waals surface area contributed by atoms with Crippen molar-refractivity contribution in [3.8, 4) is 0 Å². The highest BCUT2D eigenvalue weighted by atomic mass is 32.2. The molecule has 0 aromatic heterocycles. The minimum atomic E-state index is -5.04. The van der Waals surface area contributed by atoms with Crippen LogP contribution in [-0.2, 0) is 14.3 Å². The molecule has 0 radical (unpaired) electrons. The molecule has 0 heterocycles. The Balaban J connectivity index is 5.34. The van der Waals surface area contributed by atoms with E-state index in [4.69, 9.17) is 4.74 Å². The maximum atomic E-state index is 12.3. The van der Waals surface area contributed by atoms with Crippen LogP contribution in [0.1, 0.15) is 40.5 Å². The Kier molecular flexibility index (Phi) is 12.7. The molecule has 0 unspecified atom stereocenters. The Bertz CT molecular complexity index is 665. The molecule has 0 fully saturated rings. The lowest BCUT2D eigenvalue weighted by molar-refractivity contribution is -0.173. The number of rotatable bonds is 8. The molecule has 10 heteroatoms. The van der Waals surface area contributed by atoms with E-state index in [1.807, 2.05) is 20.8 Å². The molecule has 158 valence electrons. The summed E-state index contributed by atoms with van der Waals surface area (Å²) in [5, 5.41) is 3.43. The summed E-state index contributed by atoms with van der Waals surface area (Å²) in [5.41, 5.74) is 3.67. The van der Waals surface area contributed by atoms with Gasteiger partial charge >= 0.3 is 18.1 Å². The number of nitrogens with one attached hydrogen (secondary N) is 1. The van der Waals surface area contributed by atoms with Gasteiger partial charge < -0.3 is 4.74 Å². The van der Waals surface area contributed by atoms with Crippen molar-refractivity contribution >= 4 is 39.8 Å². The summed E-state index contributed by atoms with van der Waals surface area (Å²) in [6, 6.07) is 0. The smallest absolute Gasteiger partial charge is 0.462 e. The largest absolute Gasteiger partial charge is 0.473 e. The number of carbonyl (C=O) groups is 2. The SMILES string of the molecule is CCOC(=O)/C(=C\C=C(/C)CCC=C(C)C)S/C(=N/NC(=O)C(F)(F)F)SC. The molecule has 0 spiro atoms. The molecule has 5 nitrogen and oxygen atoms in total. The molecular weight excluding hydrogens is 413 g/mol. The van der Waals surface area contributed by atoms with E-state index in [2.05, 4.69) is 11.2 Å². The Hall–Kier alpha value is -1.68. The topological polar surface area (TPSA) is 67.8 Å². The molecular formula is C18H25F3N2O3S2. The first kappa shape index (κ1) is 26.3. The highest BCUT2D eigenvalue weighted by Gasteiger charge is 2.38. The minimum absolute atomic E-state index is 0.0625. The van der Waals surface area contributed by atoms with Crippen molar-refractivity contribution in [2.45, 2.75) is 46.7 Å². The number of carbonyl (C=O) groups excluding carboxylic acids is 2. The number of amides is 1. The first-order valence-corrected chi connectivity index (χ1v) is 10.4. The van der Waals surface area contributed by atoms with Gasteiger partial charge in [0.2, 0.25) is 0 Å². The van der Waals surface area contributed by atoms with Gasteiger partial charge in [-0.1, -0.05) is 35.1 Å². The van der Waals surface area contributed by atoms with Crippen LogP contribution in [0.2, 0.25) is 0 Å². The van der Waals surface area contributed by atoms with Gasteiger partial charge in [-0.05, 0) is 52.9 Å². The summed E-state index contributed by atoms with van der Waals surface area (Å²) < 4.78 is 41.8. The normalized spacial score (nSPS) is 13.2. The van der Waals surface area contributed by atoms with Crippen molar-refractivity contribution in [1.82, 2.24) is 5.43 Å². The Morgan fingerprint density at radius 3 is 2.32 bits per heavy atom. The maximum Gasteiger partial charge on any atom is 0.473 e. The van der Waals surface area contributed by atoms with Gasteiger partial charge in [0, 0.05) is 0 Å². The van der Waals surface area contributed by atoms with E-state index in [-0.39, 0.29) is 15.9 Å². The fraction of sp³-hybridized carbons (Fsp3) is 0.500. The van der Waals surface area contributed by atoms with Crippen LogP contribution in [0, 0.1) is 0 Å². The third-order valence-corrected chi connectivity index (χ3v) is 4.94. The van der Waals surface area contributed by atoms with E-state index in [0.717, 1.165) is 41.9 Å². The van der Waals surface area contributed by atoms with Crippen molar-refractivity contribution in [3.63, 3.8) is 0 Å². The van der Waals surface area contributed by atoms with Gasteiger partial charge in [-0.3, -0.25) is 4.79 Å². The number of esters is 1. The predicted octanol–water partition coefficient (Wildman–Crippen LogP) is 5.17. The quantitative estimate of drug-likeness (QED) is 0.108. The number of nitrogens with zero attached hydrogens (tertiary/aromatic N) is 1. The first-order chi connectivity index (χ1) is 13.0. The van der Waals surface area contributed by atoms with E-state index < -0.39 is 18.1 Å². The third-order valence-electron chi connectivity index (χ3n) is 2.97. The van der Waals surface area contributed by atoms with Crippen LogP contribution in [0.3, 0.4) is 0 Å². The lowest BCUT2D eigenvalue weighted by Gasteiger charge is -2.08. The zero-order valence-electron chi connectivity index (χ0n) is 16.5. The van der Waals surface area contributed by atoms with Crippen molar-refractivity contribution in [1.29, 1.82) is 0 Å². The second-order valence-electron chi connectivity index (χ2n) is 5.71. The van der Waals surface area contributed by atoms with Gasteiger partial charge in [-0.2, -0.15) is 18.3 Å². The molecule has 28 heavy (non-hydrogen) atoms. The van der Waals surface area contributed by atoms with Gasteiger partial charge in [-0.25, -0.2) is 10.2 Å². The summed E-state index contributed by atoms with van der Waals surface area (Å²) in [6.07, 6.45) is 3.58. The average molecular weight is 439 g/mol. The molecule has 0 saturated carbocycles. The van der Waals surface area contributed by atoms with Crippen molar-refractivity contribution in [2.75, 3.05) is 12.9 Å². The summed E-state index contributed by atoms with van der Waals surface area (Å²) >= 11 is 1.81. The number of halogens is 3. The van der Waals surface area contributed by atoms with Crippen LogP contribution in [0.25, 0.3) is 0 Å². The van der Waals surface area contributed by atoms with E-state index >= 15 is 0 Å². The van der Waals surface area contributed by atoms with Crippen LogP contribution >= 0.6 is 23.5 Å². The van der Waals surface area contributed by atoms with E-state index in [9.17, 15) is 22.8 Å². The maximum absolute atomic E-state index is 12.3. The fourth-order valence-electron chi connectivity index (χ4n) is 1.60. The second-order valence-corrected chi connectivity index (χ2v) is 7.79. The molecule has 1 amide bonds. The molecule has 0 aromatic rings. The van der Waals surface area contributed by atoms with E-state index in [1.165, 1.54) is 17.1 Å². The van der Waals surface area contributed by atoms with Gasteiger partial charge in [0.05, 0.1) is 11.5 Å². The number of thioether (sulfide) groups is 2. The molecule has 0 saturated heterocycles. The molecule has 0 aliphatic carbocycles. The van der Waals surface area contributed by atoms with Crippen LogP contribution in [0.4, 0.5) is 13.2 Å². The number of ether oxygens (including phenoxy) is 1.